The molecule has 0 aliphatic heterocycles. The van der Waals surface area contributed by atoms with Crippen molar-refractivity contribution in [3.05, 3.63) is 34.6 Å². The first kappa shape index (κ1) is 14.1. The van der Waals surface area contributed by atoms with Gasteiger partial charge in [-0.25, -0.2) is 4.39 Å². The van der Waals surface area contributed by atoms with Crippen molar-refractivity contribution in [2.24, 2.45) is 5.92 Å². The molecule has 4 heteroatoms. The number of alkyl halides is 1. The van der Waals surface area contributed by atoms with Gasteiger partial charge in [0.1, 0.15) is 5.82 Å². The molecule has 0 spiro atoms. The van der Waals surface area contributed by atoms with Crippen LogP contribution < -0.4 is 5.32 Å². The molecule has 0 saturated heterocycles. The van der Waals surface area contributed by atoms with Crippen molar-refractivity contribution >= 4 is 23.2 Å². The van der Waals surface area contributed by atoms with Gasteiger partial charge in [0.25, 0.3) is 0 Å². The van der Waals surface area contributed by atoms with Crippen molar-refractivity contribution in [3.8, 4) is 0 Å². The molecule has 0 heterocycles. The molecule has 1 aliphatic carbocycles. The Hall–Kier alpha value is -0.310. The zero-order chi connectivity index (χ0) is 13.0. The summed E-state index contributed by atoms with van der Waals surface area (Å²) in [5.74, 6) is 0.864. The van der Waals surface area contributed by atoms with Gasteiger partial charge in [-0.05, 0) is 24.8 Å². The van der Waals surface area contributed by atoms with Gasteiger partial charge >= 0.3 is 0 Å². The fraction of sp³-hybridized carbons (Fsp3) is 0.571. The minimum Gasteiger partial charge on any atom is -0.309 e. The number of hydrogen-bond donors (Lipinski definition) is 1. The van der Waals surface area contributed by atoms with Crippen LogP contribution in [-0.2, 0) is 6.54 Å². The number of rotatable bonds is 4. The van der Waals surface area contributed by atoms with Crippen LogP contribution in [-0.4, -0.2) is 11.9 Å². The minimum absolute atomic E-state index is 0.187. The molecule has 1 aromatic rings. The number of benzene rings is 1. The first-order valence-electron chi connectivity index (χ1n) is 6.44. The second-order valence-electron chi connectivity index (χ2n) is 4.90. The summed E-state index contributed by atoms with van der Waals surface area (Å²) in [5, 5.41) is 3.61. The van der Waals surface area contributed by atoms with Crippen molar-refractivity contribution in [2.45, 2.75) is 38.3 Å². The lowest BCUT2D eigenvalue weighted by molar-refractivity contribution is 0.281. The van der Waals surface area contributed by atoms with E-state index in [9.17, 15) is 4.39 Å². The Bertz CT molecular complexity index is 397. The topological polar surface area (TPSA) is 12.0 Å². The van der Waals surface area contributed by atoms with E-state index >= 15 is 0 Å². The monoisotopic (exact) mass is 289 g/mol. The second kappa shape index (κ2) is 6.74. The third kappa shape index (κ3) is 3.37. The highest BCUT2D eigenvalue weighted by Gasteiger charge is 2.24. The van der Waals surface area contributed by atoms with E-state index in [0.717, 1.165) is 6.42 Å². The van der Waals surface area contributed by atoms with Crippen LogP contribution in [0, 0.1) is 11.7 Å². The summed E-state index contributed by atoms with van der Waals surface area (Å²) >= 11 is 11.7. The van der Waals surface area contributed by atoms with Crippen LogP contribution in [0.25, 0.3) is 0 Å². The molecule has 1 aromatic carbocycles. The van der Waals surface area contributed by atoms with Gasteiger partial charge in [0.15, 0.2) is 0 Å². The van der Waals surface area contributed by atoms with Crippen molar-refractivity contribution in [1.29, 1.82) is 0 Å². The van der Waals surface area contributed by atoms with E-state index in [1.807, 2.05) is 0 Å². The molecule has 0 radical (unpaired) electrons. The summed E-state index contributed by atoms with van der Waals surface area (Å²) in [5.41, 5.74) is 0.626. The fourth-order valence-electron chi connectivity index (χ4n) is 2.59. The maximum absolute atomic E-state index is 13.7. The summed E-state index contributed by atoms with van der Waals surface area (Å²) in [4.78, 5) is 0. The molecule has 0 amide bonds. The average Bonchev–Trinajstić information content (AvgIpc) is 2.41. The zero-order valence-electron chi connectivity index (χ0n) is 10.3. The second-order valence-corrected chi connectivity index (χ2v) is 5.61. The SMILES string of the molecule is Fc1c(Cl)cccc1CNC1CCCCC1CCl. The molecule has 1 fully saturated rings. The Kier molecular flexibility index (Phi) is 5.28. The minimum atomic E-state index is -0.315. The largest absolute Gasteiger partial charge is 0.309 e. The molecular weight excluding hydrogens is 272 g/mol. The normalized spacial score (nSPS) is 24.2. The molecule has 18 heavy (non-hydrogen) atoms. The quantitative estimate of drug-likeness (QED) is 0.812. The summed E-state index contributed by atoms with van der Waals surface area (Å²) < 4.78 is 13.7. The van der Waals surface area contributed by atoms with Crippen LogP contribution in [0.5, 0.6) is 0 Å². The van der Waals surface area contributed by atoms with Gasteiger partial charge in [0.05, 0.1) is 5.02 Å². The van der Waals surface area contributed by atoms with Crippen LogP contribution >= 0.6 is 23.2 Å². The highest BCUT2D eigenvalue weighted by Crippen LogP contribution is 2.26. The van der Waals surface area contributed by atoms with Crippen LogP contribution in [0.4, 0.5) is 4.39 Å². The molecule has 2 unspecified atom stereocenters. The first-order valence-corrected chi connectivity index (χ1v) is 7.36. The van der Waals surface area contributed by atoms with Gasteiger partial charge < -0.3 is 5.32 Å². The van der Waals surface area contributed by atoms with Gasteiger partial charge in [0, 0.05) is 24.0 Å². The molecule has 1 aliphatic rings. The van der Waals surface area contributed by atoms with E-state index in [-0.39, 0.29) is 10.8 Å². The lowest BCUT2D eigenvalue weighted by Gasteiger charge is -2.31. The number of halogens is 3. The van der Waals surface area contributed by atoms with Crippen molar-refractivity contribution in [3.63, 3.8) is 0 Å². The van der Waals surface area contributed by atoms with Gasteiger partial charge in [-0.1, -0.05) is 36.6 Å². The van der Waals surface area contributed by atoms with Crippen LogP contribution in [0.3, 0.4) is 0 Å². The maximum atomic E-state index is 13.7. The third-order valence-electron chi connectivity index (χ3n) is 3.69. The smallest absolute Gasteiger partial charge is 0.146 e. The highest BCUT2D eigenvalue weighted by atomic mass is 35.5. The Morgan fingerprint density at radius 2 is 2.06 bits per heavy atom. The molecule has 1 nitrogen and oxygen atoms in total. The molecule has 2 atom stereocenters. The lowest BCUT2D eigenvalue weighted by Crippen LogP contribution is -2.39. The van der Waals surface area contributed by atoms with E-state index in [1.54, 1.807) is 18.2 Å². The summed E-state index contributed by atoms with van der Waals surface area (Å²) in [6, 6.07) is 5.52. The Morgan fingerprint density at radius 3 is 2.83 bits per heavy atom. The fourth-order valence-corrected chi connectivity index (χ4v) is 3.15. The molecular formula is C14H18Cl2FN. The third-order valence-corrected chi connectivity index (χ3v) is 4.38. The number of hydrogen-bond acceptors (Lipinski definition) is 1. The first-order chi connectivity index (χ1) is 8.72. The van der Waals surface area contributed by atoms with Crippen LogP contribution in [0.1, 0.15) is 31.2 Å². The summed E-state index contributed by atoms with van der Waals surface area (Å²) in [6.07, 6.45) is 4.77. The molecule has 1 saturated carbocycles. The van der Waals surface area contributed by atoms with Gasteiger partial charge in [-0.3, -0.25) is 0 Å². The van der Waals surface area contributed by atoms with Crippen molar-refractivity contribution in [1.82, 2.24) is 5.32 Å². The molecule has 0 aromatic heterocycles. The van der Waals surface area contributed by atoms with Crippen LogP contribution in [0.15, 0.2) is 18.2 Å². The molecule has 0 bridgehead atoms. The lowest BCUT2D eigenvalue weighted by atomic mass is 9.85. The molecule has 2 rings (SSSR count). The maximum Gasteiger partial charge on any atom is 0.146 e. The van der Waals surface area contributed by atoms with E-state index < -0.39 is 0 Å². The highest BCUT2D eigenvalue weighted by molar-refractivity contribution is 6.30. The van der Waals surface area contributed by atoms with Gasteiger partial charge in [-0.15, -0.1) is 11.6 Å². The van der Waals surface area contributed by atoms with Crippen LogP contribution in [0.2, 0.25) is 5.02 Å². The predicted molar refractivity (Wildman–Crippen MR) is 74.7 cm³/mol. The number of nitrogens with one attached hydrogen (secondary N) is 1. The van der Waals surface area contributed by atoms with E-state index in [1.165, 1.54) is 19.3 Å². The van der Waals surface area contributed by atoms with Crippen molar-refractivity contribution in [2.75, 3.05) is 5.88 Å². The predicted octanol–water partition coefficient (Wildman–Crippen LogP) is 4.37. The summed E-state index contributed by atoms with van der Waals surface area (Å²) in [6.45, 7) is 0.518. The molecule has 1 N–H and O–H groups in total. The standard InChI is InChI=1S/C14H18Cl2FN/c15-8-10-4-1-2-7-13(10)18-9-11-5-3-6-12(16)14(11)17/h3,5-6,10,13,18H,1-2,4,7-9H2. The van der Waals surface area contributed by atoms with E-state index in [4.69, 9.17) is 23.2 Å². The van der Waals surface area contributed by atoms with Gasteiger partial charge in [0.2, 0.25) is 0 Å². The Labute approximate surface area is 118 Å². The van der Waals surface area contributed by atoms with E-state index in [0.29, 0.717) is 29.9 Å². The molecule has 100 valence electrons. The summed E-state index contributed by atoms with van der Waals surface area (Å²) in [7, 11) is 0. The average molecular weight is 290 g/mol. The van der Waals surface area contributed by atoms with E-state index in [2.05, 4.69) is 5.32 Å². The van der Waals surface area contributed by atoms with Gasteiger partial charge in [-0.2, -0.15) is 0 Å². The Morgan fingerprint density at radius 1 is 1.28 bits per heavy atom. The Balaban J connectivity index is 1.96. The van der Waals surface area contributed by atoms with Crippen molar-refractivity contribution < 1.29 is 4.39 Å². The zero-order valence-corrected chi connectivity index (χ0v) is 11.8.